The number of amides is 1. The summed E-state index contributed by atoms with van der Waals surface area (Å²) in [5.41, 5.74) is 3.64. The fourth-order valence-electron chi connectivity index (χ4n) is 5.58. The monoisotopic (exact) mass is 596 g/mol. The minimum atomic E-state index is -0.347. The number of nitrogens with one attached hydrogen (secondary N) is 2. The number of methoxy groups -OCH3 is 2. The molecule has 0 atom stereocenters. The Bertz CT molecular complexity index is 1710. The third-order valence-electron chi connectivity index (χ3n) is 7.85. The van der Waals surface area contributed by atoms with Crippen molar-refractivity contribution in [1.29, 1.82) is 5.26 Å². The number of aromatic nitrogens is 1. The molecule has 2 N–H and O–H groups in total. The lowest BCUT2D eigenvalue weighted by atomic mass is 9.93. The predicted octanol–water partition coefficient (Wildman–Crippen LogP) is 6.41. The van der Waals surface area contributed by atoms with Gasteiger partial charge in [-0.25, -0.2) is 0 Å². The second-order valence-corrected chi connectivity index (χ2v) is 10.8. The zero-order chi connectivity index (χ0) is 30.3. The van der Waals surface area contributed by atoms with Gasteiger partial charge in [-0.3, -0.25) is 9.59 Å². The van der Waals surface area contributed by atoms with Crippen molar-refractivity contribution in [2.75, 3.05) is 26.1 Å². The average molecular weight is 597 g/mol. The number of hydrogen-bond acceptors (Lipinski definition) is 6. The molecule has 0 saturated heterocycles. The van der Waals surface area contributed by atoms with Gasteiger partial charge in [0.1, 0.15) is 11.8 Å². The molecule has 1 saturated carbocycles. The maximum Gasteiger partial charge on any atom is 0.248 e. The molecule has 1 fully saturated rings. The van der Waals surface area contributed by atoms with Crippen LogP contribution in [0.1, 0.15) is 47.3 Å². The third-order valence-corrected chi connectivity index (χ3v) is 8.17. The molecule has 0 radical (unpaired) electrons. The third kappa shape index (κ3) is 6.65. The molecule has 43 heavy (non-hydrogen) atoms. The molecule has 8 nitrogen and oxygen atoms in total. The molecule has 0 unspecified atom stereocenters. The Morgan fingerprint density at radius 3 is 2.63 bits per heavy atom. The molecule has 2 aromatic carbocycles. The molecule has 1 aliphatic rings. The molecule has 2 heterocycles. The van der Waals surface area contributed by atoms with Crippen LogP contribution in [0, 0.1) is 11.3 Å². The summed E-state index contributed by atoms with van der Waals surface area (Å²) < 4.78 is 12.8. The normalized spacial score (nSPS) is 16.7. The maximum atomic E-state index is 13.6. The number of ether oxygens (including phenoxy) is 2. The molecule has 4 aromatic rings. The zero-order valence-electron chi connectivity index (χ0n) is 24.1. The Morgan fingerprint density at radius 2 is 1.88 bits per heavy atom. The van der Waals surface area contributed by atoms with Crippen LogP contribution in [0.15, 0.2) is 79.0 Å². The summed E-state index contributed by atoms with van der Waals surface area (Å²) >= 11 is 6.54. The molecular weight excluding hydrogens is 564 g/mol. The first kappa shape index (κ1) is 30.1. The molecule has 1 amide bonds. The van der Waals surface area contributed by atoms with Crippen LogP contribution in [0.25, 0.3) is 16.6 Å². The van der Waals surface area contributed by atoms with Gasteiger partial charge in [0.25, 0.3) is 0 Å². The van der Waals surface area contributed by atoms with E-state index >= 15 is 0 Å². The number of rotatable bonds is 10. The first-order chi connectivity index (χ1) is 20.9. The van der Waals surface area contributed by atoms with E-state index in [4.69, 9.17) is 21.1 Å². The van der Waals surface area contributed by atoms with Gasteiger partial charge in [-0.05, 0) is 74.2 Å². The van der Waals surface area contributed by atoms with Crippen LogP contribution in [-0.2, 0) is 9.53 Å². The van der Waals surface area contributed by atoms with Crippen LogP contribution >= 0.6 is 11.6 Å². The SMILES string of the molecule is COc1cccc(Cl)c1-c1cccn2c(C(=O)c3ccc(NC(=O)/C=C/CN[C@H]4CC[C@H](OC)CC4)c(C#N)c3)ccc12. The van der Waals surface area contributed by atoms with Crippen LogP contribution in [0.3, 0.4) is 0 Å². The lowest BCUT2D eigenvalue weighted by Crippen LogP contribution is -2.35. The standard InChI is InChI=1S/C34H33ClN4O4/c1-42-25-13-11-24(12-14-25)37-18-4-9-32(40)38-28-15-10-22(20-23(28)21-36)34(41)30-17-16-29-26(6-5-19-39(29)30)33-27(35)7-3-8-31(33)43-2/h3-10,15-17,19-20,24-25,37H,11-14,18H2,1-2H3,(H,38,40)/b9-4+/t24-,25-. The summed E-state index contributed by atoms with van der Waals surface area (Å²) in [6.07, 6.45) is 9.53. The fourth-order valence-corrected chi connectivity index (χ4v) is 5.85. The van der Waals surface area contributed by atoms with Crippen molar-refractivity contribution in [3.8, 4) is 22.9 Å². The lowest BCUT2D eigenvalue weighted by molar-refractivity contribution is -0.111. The first-order valence-corrected chi connectivity index (χ1v) is 14.6. The number of fused-ring (bicyclic) bond motifs is 1. The highest BCUT2D eigenvalue weighted by Crippen LogP contribution is 2.39. The van der Waals surface area contributed by atoms with Gasteiger partial charge in [0, 0.05) is 48.7 Å². The number of halogens is 1. The quantitative estimate of drug-likeness (QED) is 0.162. The fraction of sp³-hybridized carbons (Fsp3) is 0.265. The van der Waals surface area contributed by atoms with Crippen LogP contribution in [0.4, 0.5) is 5.69 Å². The molecular formula is C34H33ClN4O4. The van der Waals surface area contributed by atoms with Gasteiger partial charge in [-0.15, -0.1) is 0 Å². The maximum absolute atomic E-state index is 13.6. The van der Waals surface area contributed by atoms with Gasteiger partial charge in [0.05, 0.1) is 40.7 Å². The molecule has 9 heteroatoms. The van der Waals surface area contributed by atoms with Crippen LogP contribution in [0.5, 0.6) is 5.75 Å². The van der Waals surface area contributed by atoms with Gasteiger partial charge in [-0.1, -0.05) is 29.8 Å². The number of ketones is 1. The highest BCUT2D eigenvalue weighted by Gasteiger charge is 2.21. The minimum absolute atomic E-state index is 0.197. The van der Waals surface area contributed by atoms with Crippen LogP contribution in [-0.4, -0.2) is 49.0 Å². The van der Waals surface area contributed by atoms with Crippen molar-refractivity contribution in [2.45, 2.75) is 37.8 Å². The average Bonchev–Trinajstić information content (AvgIpc) is 3.47. The van der Waals surface area contributed by atoms with Gasteiger partial charge >= 0.3 is 0 Å². The number of hydrogen-bond donors (Lipinski definition) is 2. The summed E-state index contributed by atoms with van der Waals surface area (Å²) in [4.78, 5) is 26.2. The van der Waals surface area contributed by atoms with Crippen molar-refractivity contribution in [1.82, 2.24) is 9.72 Å². The van der Waals surface area contributed by atoms with E-state index < -0.39 is 0 Å². The van der Waals surface area contributed by atoms with E-state index in [1.54, 1.807) is 55.2 Å². The van der Waals surface area contributed by atoms with Crippen LogP contribution < -0.4 is 15.4 Å². The van der Waals surface area contributed by atoms with E-state index in [0.717, 1.165) is 42.3 Å². The van der Waals surface area contributed by atoms with Gasteiger partial charge in [0.15, 0.2) is 0 Å². The van der Waals surface area contributed by atoms with E-state index in [1.165, 1.54) is 12.1 Å². The Kier molecular flexibility index (Phi) is 9.58. The van der Waals surface area contributed by atoms with Crippen molar-refractivity contribution in [3.63, 3.8) is 0 Å². The van der Waals surface area contributed by atoms with Crippen molar-refractivity contribution in [3.05, 3.63) is 101 Å². The molecule has 0 aliphatic heterocycles. The highest BCUT2D eigenvalue weighted by molar-refractivity contribution is 6.34. The molecule has 0 bridgehead atoms. The van der Waals surface area contributed by atoms with E-state index in [9.17, 15) is 14.9 Å². The number of carbonyl (C=O) groups excluding carboxylic acids is 2. The first-order valence-electron chi connectivity index (χ1n) is 14.2. The number of pyridine rings is 1. The molecule has 220 valence electrons. The summed E-state index contributed by atoms with van der Waals surface area (Å²) in [6, 6.07) is 20.0. The van der Waals surface area contributed by atoms with Gasteiger partial charge in [-0.2, -0.15) is 5.26 Å². The van der Waals surface area contributed by atoms with E-state index in [0.29, 0.717) is 46.4 Å². The Hall–Kier alpha value is -4.42. The van der Waals surface area contributed by atoms with E-state index in [-0.39, 0.29) is 17.3 Å². The Balaban J connectivity index is 1.29. The molecule has 1 aliphatic carbocycles. The minimum Gasteiger partial charge on any atom is -0.496 e. The summed E-state index contributed by atoms with van der Waals surface area (Å²) in [5.74, 6) is 0.0191. The second-order valence-electron chi connectivity index (χ2n) is 10.4. The van der Waals surface area contributed by atoms with Crippen molar-refractivity contribution < 1.29 is 19.1 Å². The van der Waals surface area contributed by atoms with Crippen molar-refractivity contribution in [2.24, 2.45) is 0 Å². The van der Waals surface area contributed by atoms with Crippen molar-refractivity contribution >= 4 is 34.5 Å². The number of benzene rings is 2. The predicted molar refractivity (Wildman–Crippen MR) is 168 cm³/mol. The number of nitriles is 1. The van der Waals surface area contributed by atoms with Gasteiger partial charge in [0.2, 0.25) is 11.7 Å². The zero-order valence-corrected chi connectivity index (χ0v) is 24.9. The van der Waals surface area contributed by atoms with E-state index in [2.05, 4.69) is 16.7 Å². The second kappa shape index (κ2) is 13.7. The highest BCUT2D eigenvalue weighted by atomic mass is 35.5. The summed E-state index contributed by atoms with van der Waals surface area (Å²) in [5, 5.41) is 16.5. The Morgan fingerprint density at radius 1 is 1.07 bits per heavy atom. The van der Waals surface area contributed by atoms with Gasteiger partial charge < -0.3 is 24.5 Å². The van der Waals surface area contributed by atoms with E-state index in [1.807, 2.05) is 30.3 Å². The Labute approximate surface area is 255 Å². The number of nitrogens with zero attached hydrogens (tertiary/aromatic N) is 2. The summed E-state index contributed by atoms with van der Waals surface area (Å²) in [7, 11) is 3.34. The number of anilines is 1. The smallest absolute Gasteiger partial charge is 0.248 e. The van der Waals surface area contributed by atoms with Crippen LogP contribution in [0.2, 0.25) is 5.02 Å². The summed E-state index contributed by atoms with van der Waals surface area (Å²) in [6.45, 7) is 0.574. The largest absolute Gasteiger partial charge is 0.496 e. The molecule has 0 spiro atoms. The number of carbonyl (C=O) groups is 2. The molecule has 2 aromatic heterocycles. The topological polar surface area (TPSA) is 105 Å². The molecule has 5 rings (SSSR count). The lowest BCUT2D eigenvalue weighted by Gasteiger charge is -2.27.